The molecule has 0 saturated heterocycles. The molecule has 148 valence electrons. The largest absolute Gasteiger partial charge is 1.00 e. The second-order valence-electron chi connectivity index (χ2n) is 5.17. The summed E-state index contributed by atoms with van der Waals surface area (Å²) in [7, 11) is -7.28. The zero-order valence-electron chi connectivity index (χ0n) is 15.9. The molecule has 0 aliphatic heterocycles. The molecule has 13 heteroatoms. The SMILES string of the molecule is COc1ccc(C(=O)c2cc(S(=O)(=O)O)c(OC)cc2O)cc1S(=O)(=O)O.[H-].[Na+]. The monoisotopic (exact) mass is 442 g/mol. The van der Waals surface area contributed by atoms with Crippen LogP contribution in [0.5, 0.6) is 17.2 Å². The Hall–Kier alpha value is -1.67. The molecule has 10 nitrogen and oxygen atoms in total. The zero-order chi connectivity index (χ0) is 20.6. The summed E-state index contributed by atoms with van der Waals surface area (Å²) in [5.41, 5.74) is -0.847. The first kappa shape index (κ1) is 24.4. The first-order chi connectivity index (χ1) is 12.4. The molecular formula is C15H15NaO10S2. The van der Waals surface area contributed by atoms with Gasteiger partial charge in [0, 0.05) is 11.6 Å². The maximum atomic E-state index is 12.6. The Bertz CT molecular complexity index is 1130. The van der Waals surface area contributed by atoms with Crippen molar-refractivity contribution in [1.29, 1.82) is 0 Å². The van der Waals surface area contributed by atoms with E-state index in [1.165, 1.54) is 0 Å². The number of ketones is 1. The minimum absolute atomic E-state index is 0. The summed E-state index contributed by atoms with van der Waals surface area (Å²) in [4.78, 5) is 11.2. The Kier molecular flexibility index (Phi) is 7.64. The van der Waals surface area contributed by atoms with Gasteiger partial charge in [0.25, 0.3) is 20.2 Å². The third kappa shape index (κ3) is 5.03. The van der Waals surface area contributed by atoms with Gasteiger partial charge in [0.15, 0.2) is 5.78 Å². The van der Waals surface area contributed by atoms with Crippen molar-refractivity contribution in [2.45, 2.75) is 9.79 Å². The van der Waals surface area contributed by atoms with Gasteiger partial charge in [0.1, 0.15) is 27.0 Å². The van der Waals surface area contributed by atoms with E-state index in [0.717, 1.165) is 38.5 Å². The Morgan fingerprint density at radius 1 is 0.893 bits per heavy atom. The fourth-order valence-corrected chi connectivity index (χ4v) is 3.61. The van der Waals surface area contributed by atoms with E-state index in [0.29, 0.717) is 6.07 Å². The van der Waals surface area contributed by atoms with Gasteiger partial charge in [-0.05, 0) is 24.3 Å². The van der Waals surface area contributed by atoms with Crippen molar-refractivity contribution in [2.75, 3.05) is 14.2 Å². The van der Waals surface area contributed by atoms with Crippen LogP contribution in [0.15, 0.2) is 40.1 Å². The molecule has 0 spiro atoms. The summed E-state index contributed by atoms with van der Waals surface area (Å²) in [6.07, 6.45) is 0. The van der Waals surface area contributed by atoms with Crippen molar-refractivity contribution < 1.29 is 76.3 Å². The number of aromatic hydroxyl groups is 1. The molecule has 0 aromatic heterocycles. The molecule has 28 heavy (non-hydrogen) atoms. The van der Waals surface area contributed by atoms with E-state index in [2.05, 4.69) is 0 Å². The molecule has 0 amide bonds. The van der Waals surface area contributed by atoms with Crippen molar-refractivity contribution >= 4 is 26.0 Å². The fourth-order valence-electron chi connectivity index (χ4n) is 2.27. The average Bonchev–Trinajstić information content (AvgIpc) is 2.58. The predicted octanol–water partition coefficient (Wildman–Crippen LogP) is -1.75. The minimum Gasteiger partial charge on any atom is -1.00 e. The van der Waals surface area contributed by atoms with Gasteiger partial charge in [-0.25, -0.2) is 0 Å². The molecule has 0 radical (unpaired) electrons. The molecule has 2 aromatic rings. The summed E-state index contributed by atoms with van der Waals surface area (Å²) >= 11 is 0. The summed E-state index contributed by atoms with van der Waals surface area (Å²) in [6, 6.07) is 4.53. The molecule has 2 aromatic carbocycles. The van der Waals surface area contributed by atoms with Gasteiger partial charge >= 0.3 is 29.6 Å². The van der Waals surface area contributed by atoms with Crippen LogP contribution in [0.1, 0.15) is 17.3 Å². The van der Waals surface area contributed by atoms with Gasteiger partial charge in [-0.3, -0.25) is 13.9 Å². The van der Waals surface area contributed by atoms with Crippen LogP contribution in [-0.2, 0) is 20.2 Å². The number of carbonyl (C=O) groups excluding carboxylic acids is 1. The molecule has 0 aliphatic carbocycles. The summed E-state index contributed by atoms with van der Waals surface area (Å²) in [5, 5.41) is 10.0. The summed E-state index contributed by atoms with van der Waals surface area (Å²) < 4.78 is 73.9. The number of rotatable bonds is 6. The third-order valence-corrected chi connectivity index (χ3v) is 5.26. The maximum absolute atomic E-state index is 12.6. The topological polar surface area (TPSA) is 164 Å². The predicted molar refractivity (Wildman–Crippen MR) is 91.8 cm³/mol. The van der Waals surface area contributed by atoms with E-state index < -0.39 is 52.9 Å². The summed E-state index contributed by atoms with van der Waals surface area (Å²) in [5.74, 6) is -2.28. The first-order valence-corrected chi connectivity index (χ1v) is 9.87. The van der Waals surface area contributed by atoms with E-state index in [1.54, 1.807) is 0 Å². The van der Waals surface area contributed by atoms with Crippen molar-refractivity contribution in [3.63, 3.8) is 0 Å². The normalized spacial score (nSPS) is 11.4. The number of phenols is 1. The molecule has 0 heterocycles. The number of methoxy groups -OCH3 is 2. The van der Waals surface area contributed by atoms with Crippen molar-refractivity contribution in [2.24, 2.45) is 0 Å². The van der Waals surface area contributed by atoms with Crippen LogP contribution in [0.2, 0.25) is 0 Å². The molecule has 0 fully saturated rings. The molecular weight excluding hydrogens is 427 g/mol. The Labute approximate surface area is 184 Å². The number of hydrogen-bond donors (Lipinski definition) is 3. The van der Waals surface area contributed by atoms with Gasteiger partial charge < -0.3 is 16.0 Å². The van der Waals surface area contributed by atoms with Crippen LogP contribution in [0.25, 0.3) is 0 Å². The first-order valence-electron chi connectivity index (χ1n) is 6.99. The number of phenolic OH excluding ortho intramolecular Hbond substituents is 1. The van der Waals surface area contributed by atoms with Crippen LogP contribution in [0.3, 0.4) is 0 Å². The molecule has 0 bridgehead atoms. The Balaban J connectivity index is 0.00000392. The van der Waals surface area contributed by atoms with E-state index in [-0.39, 0.29) is 42.3 Å². The quantitative estimate of drug-likeness (QED) is 0.265. The fraction of sp³-hybridized carbons (Fsp3) is 0.133. The van der Waals surface area contributed by atoms with Crippen LogP contribution in [0, 0.1) is 0 Å². The van der Waals surface area contributed by atoms with Crippen LogP contribution in [0.4, 0.5) is 0 Å². The van der Waals surface area contributed by atoms with Crippen LogP contribution < -0.4 is 39.0 Å². The molecule has 3 N–H and O–H groups in total. The van der Waals surface area contributed by atoms with Gasteiger partial charge in [-0.15, -0.1) is 0 Å². The van der Waals surface area contributed by atoms with E-state index in [1.807, 2.05) is 0 Å². The molecule has 2 rings (SSSR count). The molecule has 0 unspecified atom stereocenters. The van der Waals surface area contributed by atoms with Crippen LogP contribution >= 0.6 is 0 Å². The van der Waals surface area contributed by atoms with Gasteiger partial charge in [-0.1, -0.05) is 0 Å². The second-order valence-corrected chi connectivity index (χ2v) is 7.95. The second kappa shape index (κ2) is 8.78. The van der Waals surface area contributed by atoms with Crippen molar-refractivity contribution in [1.82, 2.24) is 0 Å². The van der Waals surface area contributed by atoms with Gasteiger partial charge in [0.05, 0.1) is 19.8 Å². The Morgan fingerprint density at radius 3 is 1.86 bits per heavy atom. The van der Waals surface area contributed by atoms with Gasteiger partial charge in [0.2, 0.25) is 0 Å². The Morgan fingerprint density at radius 2 is 1.39 bits per heavy atom. The van der Waals surface area contributed by atoms with E-state index in [9.17, 15) is 35.8 Å². The number of benzene rings is 2. The maximum Gasteiger partial charge on any atom is 1.00 e. The molecule has 0 atom stereocenters. The number of hydrogen-bond acceptors (Lipinski definition) is 8. The molecule has 0 aliphatic rings. The smallest absolute Gasteiger partial charge is 1.00 e. The summed E-state index contributed by atoms with van der Waals surface area (Å²) in [6.45, 7) is 0. The standard InChI is InChI=1S/C15H14O10S2.Na.H/c1-24-11-4-3-8(5-13(11)26(18,19)20)15(17)9-6-14(27(21,22)23)12(25-2)7-10(9)16;;/h3-7,16H,1-2H3,(H,18,19,20)(H,21,22,23);;/q;+1;-1. The third-order valence-electron chi connectivity index (χ3n) is 3.51. The average molecular weight is 442 g/mol. The van der Waals surface area contributed by atoms with Crippen molar-refractivity contribution in [3.05, 3.63) is 41.5 Å². The zero-order valence-corrected chi connectivity index (χ0v) is 18.5. The van der Waals surface area contributed by atoms with E-state index in [4.69, 9.17) is 9.47 Å². The van der Waals surface area contributed by atoms with E-state index >= 15 is 0 Å². The number of ether oxygens (including phenoxy) is 2. The van der Waals surface area contributed by atoms with Gasteiger partial charge in [-0.2, -0.15) is 16.8 Å². The number of carbonyl (C=O) groups is 1. The minimum atomic E-state index is -4.79. The van der Waals surface area contributed by atoms with Crippen molar-refractivity contribution in [3.8, 4) is 17.2 Å². The van der Waals surface area contributed by atoms with Crippen LogP contribution in [-0.4, -0.2) is 51.1 Å². The molecule has 0 saturated carbocycles.